The number of hydrogen-bond donors (Lipinski definition) is 4. The zero-order valence-corrected chi connectivity index (χ0v) is 22.0. The zero-order chi connectivity index (χ0) is 26.0. The summed E-state index contributed by atoms with van der Waals surface area (Å²) in [6.45, 7) is 2.49. The van der Waals surface area contributed by atoms with E-state index in [-0.39, 0.29) is 0 Å². The molecule has 0 spiro atoms. The smallest absolute Gasteiger partial charge is 0.123 e. The molecule has 0 saturated carbocycles. The van der Waals surface area contributed by atoms with Crippen LogP contribution in [-0.2, 0) is 25.7 Å². The Labute approximate surface area is 223 Å². The van der Waals surface area contributed by atoms with Gasteiger partial charge in [-0.3, -0.25) is 0 Å². The molecule has 0 aliphatic rings. The Hall–Kier alpha value is -3.31. The Bertz CT molecular complexity index is 1330. The lowest BCUT2D eigenvalue weighted by Crippen LogP contribution is -2.06. The number of aromatic nitrogens is 1. The van der Waals surface area contributed by atoms with E-state index < -0.39 is 0 Å². The minimum Gasteiger partial charge on any atom is -0.330 e. The third-order valence-corrected chi connectivity index (χ3v) is 7.21. The van der Waals surface area contributed by atoms with Gasteiger partial charge in [-0.05, 0) is 104 Å². The average molecular weight is 510 g/mol. The SMILES string of the molecule is NCCc1cc(C#Cc2ccc(-c3ncc(-c4cc(CCN)cc(CCN)c4)s3)cc2)cc(CCN)c1. The molecule has 4 aromatic rings. The second-order valence-electron chi connectivity index (χ2n) is 9.09. The lowest BCUT2D eigenvalue weighted by molar-refractivity contribution is 0.939. The number of nitrogens with two attached hydrogens (primary N) is 4. The van der Waals surface area contributed by atoms with Crippen LogP contribution in [0.4, 0.5) is 0 Å². The molecular weight excluding hydrogens is 474 g/mol. The van der Waals surface area contributed by atoms with Crippen molar-refractivity contribution in [1.82, 2.24) is 4.98 Å². The van der Waals surface area contributed by atoms with E-state index in [1.807, 2.05) is 6.20 Å². The van der Waals surface area contributed by atoms with E-state index >= 15 is 0 Å². The summed E-state index contributed by atoms with van der Waals surface area (Å²) in [5.41, 5.74) is 32.2. The molecule has 0 aliphatic carbocycles. The van der Waals surface area contributed by atoms with Gasteiger partial charge in [0.05, 0.1) is 4.88 Å². The van der Waals surface area contributed by atoms with Crippen molar-refractivity contribution in [1.29, 1.82) is 0 Å². The molecule has 0 unspecified atom stereocenters. The fourth-order valence-corrected chi connectivity index (χ4v) is 5.27. The van der Waals surface area contributed by atoms with Crippen molar-refractivity contribution in [3.05, 3.63) is 100 Å². The maximum absolute atomic E-state index is 5.80. The summed E-state index contributed by atoms with van der Waals surface area (Å²) in [6, 6.07) is 21.3. The summed E-state index contributed by atoms with van der Waals surface area (Å²) >= 11 is 1.69. The Morgan fingerprint density at radius 2 is 1.05 bits per heavy atom. The Morgan fingerprint density at radius 1 is 0.568 bits per heavy atom. The van der Waals surface area contributed by atoms with Crippen LogP contribution in [0.1, 0.15) is 33.4 Å². The van der Waals surface area contributed by atoms with Crippen molar-refractivity contribution < 1.29 is 0 Å². The van der Waals surface area contributed by atoms with Gasteiger partial charge >= 0.3 is 0 Å². The second-order valence-corrected chi connectivity index (χ2v) is 10.1. The van der Waals surface area contributed by atoms with E-state index in [2.05, 4.69) is 72.5 Å². The Balaban J connectivity index is 1.53. The standard InChI is InChI=1S/C31H35N5S/c32-11-7-24-15-23(16-25(17-24)8-12-33)2-1-22-3-5-28(6-4-22)31-36-21-30(37-31)29-19-26(9-13-34)18-27(20-29)10-14-35/h3-6,15-21H,7-14,32-35H2. The van der Waals surface area contributed by atoms with Crippen molar-refractivity contribution in [3.63, 3.8) is 0 Å². The maximum Gasteiger partial charge on any atom is 0.123 e. The van der Waals surface area contributed by atoms with Gasteiger partial charge in [0.25, 0.3) is 0 Å². The topological polar surface area (TPSA) is 117 Å². The molecule has 5 nitrogen and oxygen atoms in total. The maximum atomic E-state index is 5.80. The van der Waals surface area contributed by atoms with E-state index in [0.29, 0.717) is 26.2 Å². The van der Waals surface area contributed by atoms with E-state index in [0.717, 1.165) is 52.3 Å². The molecule has 190 valence electrons. The van der Waals surface area contributed by atoms with Crippen LogP contribution in [0.5, 0.6) is 0 Å². The molecule has 1 aromatic heterocycles. The van der Waals surface area contributed by atoms with Crippen molar-refractivity contribution in [2.75, 3.05) is 26.2 Å². The molecule has 0 amide bonds. The van der Waals surface area contributed by atoms with Crippen molar-refractivity contribution >= 4 is 11.3 Å². The fourth-order valence-electron chi connectivity index (χ4n) is 4.37. The summed E-state index contributed by atoms with van der Waals surface area (Å²) in [6.07, 6.45) is 5.33. The third kappa shape index (κ3) is 7.36. The number of benzene rings is 3. The van der Waals surface area contributed by atoms with Gasteiger partial charge in [-0.1, -0.05) is 48.2 Å². The molecule has 1 heterocycles. The quantitative estimate of drug-likeness (QED) is 0.242. The van der Waals surface area contributed by atoms with E-state index in [4.69, 9.17) is 27.9 Å². The highest BCUT2D eigenvalue weighted by Crippen LogP contribution is 2.33. The average Bonchev–Trinajstić information content (AvgIpc) is 3.39. The van der Waals surface area contributed by atoms with Crippen LogP contribution in [0.25, 0.3) is 21.0 Å². The van der Waals surface area contributed by atoms with Gasteiger partial charge in [-0.25, -0.2) is 4.98 Å². The van der Waals surface area contributed by atoms with Gasteiger partial charge in [0.15, 0.2) is 0 Å². The van der Waals surface area contributed by atoms with Crippen LogP contribution in [0, 0.1) is 11.8 Å². The van der Waals surface area contributed by atoms with E-state index in [1.54, 1.807) is 11.3 Å². The normalized spacial score (nSPS) is 10.8. The number of nitrogens with zero attached hydrogens (tertiary/aromatic N) is 1. The highest BCUT2D eigenvalue weighted by molar-refractivity contribution is 7.18. The molecule has 0 bridgehead atoms. The van der Waals surface area contributed by atoms with Gasteiger partial charge in [0.2, 0.25) is 0 Å². The van der Waals surface area contributed by atoms with E-state index in [1.165, 1.54) is 27.8 Å². The highest BCUT2D eigenvalue weighted by Gasteiger charge is 2.09. The molecule has 8 N–H and O–H groups in total. The molecule has 0 fully saturated rings. The first-order valence-electron chi connectivity index (χ1n) is 12.8. The van der Waals surface area contributed by atoms with Gasteiger partial charge < -0.3 is 22.9 Å². The first kappa shape index (κ1) is 26.7. The van der Waals surface area contributed by atoms with Gasteiger partial charge in [0, 0.05) is 22.9 Å². The van der Waals surface area contributed by atoms with Crippen LogP contribution in [0.3, 0.4) is 0 Å². The minimum absolute atomic E-state index is 0.618. The first-order chi connectivity index (χ1) is 18.1. The summed E-state index contributed by atoms with van der Waals surface area (Å²) in [5, 5.41) is 0.986. The molecule has 0 radical (unpaired) electrons. The highest BCUT2D eigenvalue weighted by atomic mass is 32.1. The van der Waals surface area contributed by atoms with Gasteiger partial charge in [-0.15, -0.1) is 11.3 Å². The van der Waals surface area contributed by atoms with Crippen LogP contribution < -0.4 is 22.9 Å². The van der Waals surface area contributed by atoms with Crippen LogP contribution in [0.15, 0.2) is 66.9 Å². The minimum atomic E-state index is 0.618. The monoisotopic (exact) mass is 509 g/mol. The van der Waals surface area contributed by atoms with Crippen LogP contribution >= 0.6 is 11.3 Å². The largest absolute Gasteiger partial charge is 0.330 e. The summed E-state index contributed by atoms with van der Waals surface area (Å²) in [4.78, 5) is 5.84. The molecule has 0 aliphatic heterocycles. The van der Waals surface area contributed by atoms with Crippen LogP contribution in [0.2, 0.25) is 0 Å². The lowest BCUT2D eigenvalue weighted by Gasteiger charge is -2.07. The Kier molecular flexibility index (Phi) is 9.61. The predicted molar refractivity (Wildman–Crippen MR) is 156 cm³/mol. The summed E-state index contributed by atoms with van der Waals surface area (Å²) in [5.74, 6) is 6.61. The van der Waals surface area contributed by atoms with Crippen molar-refractivity contribution in [3.8, 4) is 32.9 Å². The van der Waals surface area contributed by atoms with E-state index in [9.17, 15) is 0 Å². The summed E-state index contributed by atoms with van der Waals surface area (Å²) in [7, 11) is 0. The molecule has 3 aromatic carbocycles. The molecular formula is C31H35N5S. The lowest BCUT2D eigenvalue weighted by atomic mass is 10.0. The van der Waals surface area contributed by atoms with Crippen molar-refractivity contribution in [2.24, 2.45) is 22.9 Å². The zero-order valence-electron chi connectivity index (χ0n) is 21.2. The fraction of sp³-hybridized carbons (Fsp3) is 0.258. The number of thiazole rings is 1. The van der Waals surface area contributed by atoms with Crippen LogP contribution in [-0.4, -0.2) is 31.2 Å². The first-order valence-corrected chi connectivity index (χ1v) is 13.6. The number of rotatable bonds is 10. The third-order valence-electron chi connectivity index (χ3n) is 6.11. The van der Waals surface area contributed by atoms with Gasteiger partial charge in [0.1, 0.15) is 5.01 Å². The molecule has 0 saturated heterocycles. The molecule has 0 atom stereocenters. The number of hydrogen-bond acceptors (Lipinski definition) is 6. The second kappa shape index (κ2) is 13.3. The predicted octanol–water partition coefficient (Wildman–Crippen LogP) is 3.88. The molecule has 6 heteroatoms. The Morgan fingerprint density at radius 3 is 1.57 bits per heavy atom. The molecule has 37 heavy (non-hydrogen) atoms. The molecule has 4 rings (SSSR count). The summed E-state index contributed by atoms with van der Waals surface area (Å²) < 4.78 is 0. The van der Waals surface area contributed by atoms with Gasteiger partial charge in [-0.2, -0.15) is 0 Å². The van der Waals surface area contributed by atoms with Crippen molar-refractivity contribution in [2.45, 2.75) is 25.7 Å².